The quantitative estimate of drug-likeness (QED) is 0.883. The molecule has 0 aliphatic heterocycles. The molecular formula is C20H23NO. The van der Waals surface area contributed by atoms with Crippen LogP contribution in [-0.2, 0) is 11.2 Å². The minimum absolute atomic E-state index is 0.115. The second kappa shape index (κ2) is 6.35. The summed E-state index contributed by atoms with van der Waals surface area (Å²) in [4.78, 5) is 12.4. The van der Waals surface area contributed by atoms with E-state index in [4.69, 9.17) is 0 Å². The number of carbonyl (C=O) groups excluding carboxylic acids is 1. The van der Waals surface area contributed by atoms with Crippen LogP contribution in [-0.4, -0.2) is 5.91 Å². The van der Waals surface area contributed by atoms with Crippen molar-refractivity contribution < 1.29 is 4.79 Å². The highest BCUT2D eigenvalue weighted by molar-refractivity contribution is 5.79. The van der Waals surface area contributed by atoms with Crippen molar-refractivity contribution in [1.82, 2.24) is 5.32 Å². The van der Waals surface area contributed by atoms with Crippen LogP contribution in [0.15, 0.2) is 48.5 Å². The first-order chi connectivity index (χ1) is 10.6. The standard InChI is InChI=1S/C20H23NO/c1-14-8-9-16(12-15(14)2)13-19(22)21-20(18-10-11-18)17-6-4-3-5-7-17/h3-9,12,18,20H,10-11,13H2,1-2H3,(H,21,22). The lowest BCUT2D eigenvalue weighted by molar-refractivity contribution is -0.121. The molecule has 114 valence electrons. The number of carbonyl (C=O) groups is 1. The molecule has 0 heterocycles. The lowest BCUT2D eigenvalue weighted by Crippen LogP contribution is -2.31. The van der Waals surface area contributed by atoms with Crippen LogP contribution in [0.2, 0.25) is 0 Å². The number of aryl methyl sites for hydroxylation is 2. The number of rotatable bonds is 5. The normalized spacial score (nSPS) is 15.4. The van der Waals surface area contributed by atoms with E-state index in [1.54, 1.807) is 0 Å². The Hall–Kier alpha value is -2.09. The Bertz CT molecular complexity index is 659. The lowest BCUT2D eigenvalue weighted by atomic mass is 10.0. The van der Waals surface area contributed by atoms with Crippen LogP contribution in [0.25, 0.3) is 0 Å². The summed E-state index contributed by atoms with van der Waals surface area (Å²) in [6.45, 7) is 4.19. The SMILES string of the molecule is Cc1ccc(CC(=O)NC(c2ccccc2)C2CC2)cc1C. The van der Waals surface area contributed by atoms with Gasteiger partial charge >= 0.3 is 0 Å². The number of hydrogen-bond donors (Lipinski definition) is 1. The molecule has 2 aromatic rings. The van der Waals surface area contributed by atoms with Crippen LogP contribution in [0, 0.1) is 19.8 Å². The maximum atomic E-state index is 12.4. The van der Waals surface area contributed by atoms with E-state index in [1.165, 1.54) is 29.5 Å². The number of benzene rings is 2. The largest absolute Gasteiger partial charge is 0.349 e. The monoisotopic (exact) mass is 293 g/mol. The summed E-state index contributed by atoms with van der Waals surface area (Å²) < 4.78 is 0. The third-order valence-electron chi connectivity index (χ3n) is 4.50. The van der Waals surface area contributed by atoms with Gasteiger partial charge in [0.15, 0.2) is 0 Å². The molecule has 0 bridgehead atoms. The number of hydrogen-bond acceptors (Lipinski definition) is 1. The van der Waals surface area contributed by atoms with Crippen LogP contribution in [0.4, 0.5) is 0 Å². The molecule has 1 saturated carbocycles. The highest BCUT2D eigenvalue weighted by Gasteiger charge is 2.33. The van der Waals surface area contributed by atoms with Gasteiger partial charge in [-0.3, -0.25) is 4.79 Å². The van der Waals surface area contributed by atoms with Gasteiger partial charge in [-0.05, 0) is 54.9 Å². The van der Waals surface area contributed by atoms with Gasteiger partial charge in [-0.1, -0.05) is 48.5 Å². The Morgan fingerprint density at radius 2 is 1.82 bits per heavy atom. The molecule has 3 rings (SSSR count). The molecule has 0 aromatic heterocycles. The first-order valence-corrected chi connectivity index (χ1v) is 8.04. The van der Waals surface area contributed by atoms with E-state index in [2.05, 4.69) is 49.5 Å². The Labute approximate surface area is 132 Å². The summed E-state index contributed by atoms with van der Waals surface area (Å²) in [6, 6.07) is 16.7. The van der Waals surface area contributed by atoms with Crippen molar-refractivity contribution in [2.45, 2.75) is 39.2 Å². The molecule has 0 saturated heterocycles. The topological polar surface area (TPSA) is 29.1 Å². The smallest absolute Gasteiger partial charge is 0.224 e. The summed E-state index contributed by atoms with van der Waals surface area (Å²) in [5.74, 6) is 0.718. The predicted molar refractivity (Wildman–Crippen MR) is 89.7 cm³/mol. The third kappa shape index (κ3) is 3.56. The molecule has 2 heteroatoms. The molecule has 2 aromatic carbocycles. The molecule has 1 fully saturated rings. The summed E-state index contributed by atoms with van der Waals surface area (Å²) in [5.41, 5.74) is 4.82. The Kier molecular flexibility index (Phi) is 4.28. The first-order valence-electron chi connectivity index (χ1n) is 8.04. The fourth-order valence-corrected chi connectivity index (χ4v) is 2.89. The molecule has 1 amide bonds. The van der Waals surface area contributed by atoms with Crippen molar-refractivity contribution in [3.8, 4) is 0 Å². The van der Waals surface area contributed by atoms with Gasteiger partial charge in [0.25, 0.3) is 0 Å². The zero-order valence-electron chi connectivity index (χ0n) is 13.3. The van der Waals surface area contributed by atoms with Gasteiger partial charge in [0.1, 0.15) is 0 Å². The van der Waals surface area contributed by atoms with Crippen molar-refractivity contribution in [2.24, 2.45) is 5.92 Å². The summed E-state index contributed by atoms with van der Waals surface area (Å²) in [7, 11) is 0. The zero-order chi connectivity index (χ0) is 15.5. The van der Waals surface area contributed by atoms with Gasteiger partial charge in [0.05, 0.1) is 12.5 Å². The van der Waals surface area contributed by atoms with Gasteiger partial charge in [-0.2, -0.15) is 0 Å². The number of amides is 1. The molecule has 22 heavy (non-hydrogen) atoms. The van der Waals surface area contributed by atoms with E-state index < -0.39 is 0 Å². The Morgan fingerprint density at radius 1 is 1.09 bits per heavy atom. The van der Waals surface area contributed by atoms with E-state index in [-0.39, 0.29) is 11.9 Å². The first kappa shape index (κ1) is 14.8. The average Bonchev–Trinajstić information content (AvgIpc) is 3.34. The molecule has 0 spiro atoms. The minimum Gasteiger partial charge on any atom is -0.349 e. The highest BCUT2D eigenvalue weighted by atomic mass is 16.1. The van der Waals surface area contributed by atoms with Crippen molar-refractivity contribution in [3.05, 3.63) is 70.8 Å². The van der Waals surface area contributed by atoms with Gasteiger partial charge in [-0.25, -0.2) is 0 Å². The minimum atomic E-state index is 0.115. The third-order valence-corrected chi connectivity index (χ3v) is 4.50. The molecular weight excluding hydrogens is 270 g/mol. The fraction of sp³-hybridized carbons (Fsp3) is 0.350. The van der Waals surface area contributed by atoms with Crippen LogP contribution in [0.3, 0.4) is 0 Å². The van der Waals surface area contributed by atoms with Gasteiger partial charge in [0.2, 0.25) is 5.91 Å². The van der Waals surface area contributed by atoms with E-state index in [0.29, 0.717) is 12.3 Å². The van der Waals surface area contributed by atoms with Crippen LogP contribution in [0.1, 0.15) is 41.1 Å². The molecule has 1 aliphatic carbocycles. The second-order valence-electron chi connectivity index (χ2n) is 6.39. The molecule has 2 nitrogen and oxygen atoms in total. The molecule has 0 radical (unpaired) electrons. The molecule has 1 aliphatic rings. The second-order valence-corrected chi connectivity index (χ2v) is 6.39. The zero-order valence-corrected chi connectivity index (χ0v) is 13.3. The van der Waals surface area contributed by atoms with E-state index in [0.717, 1.165) is 5.56 Å². The Morgan fingerprint density at radius 3 is 2.45 bits per heavy atom. The Balaban J connectivity index is 1.68. The summed E-state index contributed by atoms with van der Waals surface area (Å²) in [6.07, 6.45) is 2.88. The van der Waals surface area contributed by atoms with E-state index in [9.17, 15) is 4.79 Å². The number of nitrogens with one attached hydrogen (secondary N) is 1. The van der Waals surface area contributed by atoms with Crippen molar-refractivity contribution in [3.63, 3.8) is 0 Å². The lowest BCUT2D eigenvalue weighted by Gasteiger charge is -2.19. The predicted octanol–water partition coefficient (Wildman–Crippen LogP) is 4.11. The van der Waals surface area contributed by atoms with Gasteiger partial charge < -0.3 is 5.32 Å². The maximum absolute atomic E-state index is 12.4. The maximum Gasteiger partial charge on any atom is 0.224 e. The molecule has 1 N–H and O–H groups in total. The molecule has 1 atom stereocenters. The summed E-state index contributed by atoms with van der Waals surface area (Å²) in [5, 5.41) is 3.24. The fourth-order valence-electron chi connectivity index (χ4n) is 2.89. The van der Waals surface area contributed by atoms with Gasteiger partial charge in [-0.15, -0.1) is 0 Å². The van der Waals surface area contributed by atoms with Crippen molar-refractivity contribution in [1.29, 1.82) is 0 Å². The van der Waals surface area contributed by atoms with Crippen molar-refractivity contribution >= 4 is 5.91 Å². The van der Waals surface area contributed by atoms with Crippen molar-refractivity contribution in [2.75, 3.05) is 0 Å². The van der Waals surface area contributed by atoms with Crippen LogP contribution < -0.4 is 5.32 Å². The van der Waals surface area contributed by atoms with Gasteiger partial charge in [0, 0.05) is 0 Å². The summed E-state index contributed by atoms with van der Waals surface area (Å²) >= 11 is 0. The van der Waals surface area contributed by atoms with Crippen LogP contribution in [0.5, 0.6) is 0 Å². The van der Waals surface area contributed by atoms with E-state index in [1.807, 2.05) is 18.2 Å². The van der Waals surface area contributed by atoms with Crippen LogP contribution >= 0.6 is 0 Å². The highest BCUT2D eigenvalue weighted by Crippen LogP contribution is 2.40. The average molecular weight is 293 g/mol. The molecule has 1 unspecified atom stereocenters. The van der Waals surface area contributed by atoms with E-state index >= 15 is 0 Å².